The van der Waals surface area contributed by atoms with E-state index in [0.717, 1.165) is 33.0 Å². The zero-order valence-electron chi connectivity index (χ0n) is 22.1. The number of pyridine rings is 2. The molecule has 0 bridgehead atoms. The van der Waals surface area contributed by atoms with Gasteiger partial charge in [-0.1, -0.05) is 30.3 Å². The number of urea groups is 1. The van der Waals surface area contributed by atoms with E-state index in [1.165, 1.54) is 24.2 Å². The largest absolute Gasteiger partial charge is 0.477 e. The van der Waals surface area contributed by atoms with Crippen LogP contribution in [0.4, 0.5) is 10.6 Å². The van der Waals surface area contributed by atoms with Gasteiger partial charge in [-0.3, -0.25) is 5.32 Å². The minimum Gasteiger partial charge on any atom is -0.477 e. The lowest BCUT2D eigenvalue weighted by Crippen LogP contribution is -2.28. The van der Waals surface area contributed by atoms with E-state index in [4.69, 9.17) is 19.2 Å². The van der Waals surface area contributed by atoms with Crippen molar-refractivity contribution in [2.45, 2.75) is 26.1 Å². The van der Waals surface area contributed by atoms with E-state index in [0.29, 0.717) is 36.5 Å². The molecule has 0 saturated heterocycles. The van der Waals surface area contributed by atoms with Crippen LogP contribution < -0.4 is 15.4 Å². The fourth-order valence-electron chi connectivity index (χ4n) is 4.09. The summed E-state index contributed by atoms with van der Waals surface area (Å²) in [5.74, 6) is 1.48. The minimum atomic E-state index is -0.659. The normalized spacial score (nSPS) is 12.9. The zero-order valence-corrected chi connectivity index (χ0v) is 23.0. The average molecular weight is 546 g/mol. The number of hydrogen-bond acceptors (Lipinski definition) is 8. The predicted molar refractivity (Wildman–Crippen MR) is 152 cm³/mol. The van der Waals surface area contributed by atoms with Crippen LogP contribution >= 0.6 is 11.3 Å². The fourth-order valence-corrected chi connectivity index (χ4v) is 4.95. The molecule has 0 atom stereocenters. The highest BCUT2D eigenvalue weighted by Gasteiger charge is 2.24. The monoisotopic (exact) mass is 545 g/mol. The van der Waals surface area contributed by atoms with Crippen molar-refractivity contribution in [1.82, 2.24) is 20.3 Å². The molecule has 0 unspecified atom stereocenters. The number of carbonyl (C=O) groups excluding carboxylic acids is 1. The molecule has 1 saturated carbocycles. The van der Waals surface area contributed by atoms with Crippen molar-refractivity contribution in [3.63, 3.8) is 0 Å². The first-order valence-electron chi connectivity index (χ1n) is 12.8. The summed E-state index contributed by atoms with van der Waals surface area (Å²) in [4.78, 5) is 26.4. The van der Waals surface area contributed by atoms with E-state index >= 15 is 0 Å². The van der Waals surface area contributed by atoms with Gasteiger partial charge in [0.05, 0.1) is 12.3 Å². The molecule has 3 heterocycles. The van der Waals surface area contributed by atoms with E-state index in [9.17, 15) is 4.79 Å². The number of aromatic nitrogens is 3. The molecule has 10 heteroatoms. The van der Waals surface area contributed by atoms with Crippen LogP contribution in [0.15, 0.2) is 60.1 Å². The lowest BCUT2D eigenvalue weighted by Gasteiger charge is -2.17. The van der Waals surface area contributed by atoms with Gasteiger partial charge in [0.2, 0.25) is 12.2 Å². The first kappa shape index (κ1) is 26.7. The first-order valence-corrected chi connectivity index (χ1v) is 13.7. The molecule has 0 radical (unpaired) electrons. The predicted octanol–water partition coefficient (Wildman–Crippen LogP) is 6.16. The molecule has 5 rings (SSSR count). The van der Waals surface area contributed by atoms with Crippen LogP contribution in [0.5, 0.6) is 5.88 Å². The molecule has 9 nitrogen and oxygen atoms in total. The Morgan fingerprint density at radius 1 is 1.05 bits per heavy atom. The molecule has 202 valence electrons. The maximum atomic E-state index is 12.2. The summed E-state index contributed by atoms with van der Waals surface area (Å²) in [6.45, 7) is 2.99. The zero-order chi connectivity index (χ0) is 27.2. The summed E-state index contributed by atoms with van der Waals surface area (Å²) < 4.78 is 17.1. The molecule has 1 aliphatic carbocycles. The van der Waals surface area contributed by atoms with Crippen LogP contribution in [0, 0.1) is 5.92 Å². The maximum absolute atomic E-state index is 12.2. The first-order chi connectivity index (χ1) is 19.1. The molecule has 39 heavy (non-hydrogen) atoms. The van der Waals surface area contributed by atoms with Gasteiger partial charge in [0, 0.05) is 55.1 Å². The Morgan fingerprint density at radius 3 is 2.56 bits per heavy atom. The van der Waals surface area contributed by atoms with Crippen molar-refractivity contribution in [2.24, 2.45) is 5.92 Å². The molecule has 0 spiro atoms. The van der Waals surface area contributed by atoms with E-state index in [1.807, 2.05) is 60.8 Å². The van der Waals surface area contributed by atoms with Gasteiger partial charge in [-0.05, 0) is 43.4 Å². The Kier molecular flexibility index (Phi) is 8.45. The highest BCUT2D eigenvalue weighted by molar-refractivity contribution is 7.13. The number of hydrogen-bond donors (Lipinski definition) is 2. The van der Waals surface area contributed by atoms with Crippen molar-refractivity contribution in [1.29, 1.82) is 0 Å². The van der Waals surface area contributed by atoms with Crippen LogP contribution in [0.25, 0.3) is 33.0 Å². The van der Waals surface area contributed by atoms with E-state index in [-0.39, 0.29) is 6.03 Å². The minimum absolute atomic E-state index is 0.321. The van der Waals surface area contributed by atoms with Crippen molar-refractivity contribution in [2.75, 3.05) is 32.7 Å². The number of thiazole rings is 1. The number of nitrogens with one attached hydrogen (secondary N) is 2. The number of nitrogens with zero attached hydrogens (tertiary/aromatic N) is 3. The highest BCUT2D eigenvalue weighted by atomic mass is 32.1. The molecule has 1 aromatic carbocycles. The quantitative estimate of drug-likeness (QED) is 0.218. The van der Waals surface area contributed by atoms with Gasteiger partial charge in [-0.15, -0.1) is 11.3 Å². The third-order valence-corrected chi connectivity index (χ3v) is 7.13. The number of rotatable bonds is 11. The fraction of sp³-hybridized carbons (Fsp3) is 0.310. The van der Waals surface area contributed by atoms with Crippen LogP contribution in [0.1, 0.15) is 31.7 Å². The Balaban J connectivity index is 1.59. The van der Waals surface area contributed by atoms with Gasteiger partial charge in [0.15, 0.2) is 0 Å². The molecular weight excluding hydrogens is 514 g/mol. The van der Waals surface area contributed by atoms with Gasteiger partial charge in [-0.2, -0.15) is 0 Å². The summed E-state index contributed by atoms with van der Waals surface area (Å²) >= 11 is 1.53. The smallest absolute Gasteiger partial charge is 0.320 e. The van der Waals surface area contributed by atoms with Gasteiger partial charge in [0.1, 0.15) is 16.5 Å². The van der Waals surface area contributed by atoms with Gasteiger partial charge in [0.25, 0.3) is 0 Å². The molecule has 2 N–H and O–H groups in total. The van der Waals surface area contributed by atoms with Crippen LogP contribution in [0.3, 0.4) is 0 Å². The number of anilines is 1. The second kappa shape index (κ2) is 12.3. The van der Waals surface area contributed by atoms with Crippen molar-refractivity contribution >= 4 is 23.2 Å². The summed E-state index contributed by atoms with van der Waals surface area (Å²) in [5, 5.41) is 8.36. The van der Waals surface area contributed by atoms with Gasteiger partial charge in [-0.25, -0.2) is 19.7 Å². The van der Waals surface area contributed by atoms with Gasteiger partial charge < -0.3 is 19.5 Å². The topological polar surface area (TPSA) is 107 Å². The molecule has 2 amide bonds. The third-order valence-electron chi connectivity index (χ3n) is 6.25. The van der Waals surface area contributed by atoms with Crippen LogP contribution in [-0.2, 0) is 9.47 Å². The standard InChI is InChI=1S/C29H31N5O4S/c1-4-30-29(35)34-25-14-21(27-33-24(17-39-27)19-8-6-5-7-9-19)22(15-31-25)20-12-23(28(36-2)37-3)32-26(13-20)38-16-18-10-11-18/h5-9,12-15,17-18,28H,4,10-11,16H2,1-3H3,(H2,30,31,34,35). The number of benzene rings is 1. The van der Waals surface area contributed by atoms with Crippen molar-refractivity contribution in [3.05, 3.63) is 65.8 Å². The lowest BCUT2D eigenvalue weighted by atomic mass is 10.0. The summed E-state index contributed by atoms with van der Waals surface area (Å²) in [7, 11) is 3.14. The number of ether oxygens (including phenoxy) is 3. The highest BCUT2D eigenvalue weighted by Crippen LogP contribution is 2.39. The second-order valence-electron chi connectivity index (χ2n) is 9.18. The van der Waals surface area contributed by atoms with E-state index in [1.54, 1.807) is 20.4 Å². The van der Waals surface area contributed by atoms with E-state index in [2.05, 4.69) is 20.6 Å². The number of amides is 2. The molecule has 1 fully saturated rings. The Bertz CT molecular complexity index is 1420. The average Bonchev–Trinajstić information content (AvgIpc) is 3.66. The van der Waals surface area contributed by atoms with Gasteiger partial charge >= 0.3 is 6.03 Å². The van der Waals surface area contributed by atoms with E-state index < -0.39 is 6.29 Å². The van der Waals surface area contributed by atoms with Crippen LogP contribution in [0.2, 0.25) is 0 Å². The Morgan fingerprint density at radius 2 is 1.85 bits per heavy atom. The number of carbonyl (C=O) groups is 1. The maximum Gasteiger partial charge on any atom is 0.320 e. The van der Waals surface area contributed by atoms with Crippen molar-refractivity contribution in [3.8, 4) is 38.8 Å². The number of methoxy groups -OCH3 is 2. The molecule has 1 aliphatic rings. The van der Waals surface area contributed by atoms with Crippen LogP contribution in [-0.4, -0.2) is 48.4 Å². The molecule has 3 aromatic heterocycles. The summed E-state index contributed by atoms with van der Waals surface area (Å²) in [6, 6.07) is 15.3. The lowest BCUT2D eigenvalue weighted by molar-refractivity contribution is -0.108. The van der Waals surface area contributed by atoms with Crippen molar-refractivity contribution < 1.29 is 19.0 Å². The third kappa shape index (κ3) is 6.59. The molecule has 0 aliphatic heterocycles. The summed E-state index contributed by atoms with van der Waals surface area (Å²) in [6.07, 6.45) is 3.42. The Labute approximate surface area is 231 Å². The second-order valence-corrected chi connectivity index (χ2v) is 10.0. The Hall–Kier alpha value is -3.86. The molecule has 4 aromatic rings. The molecular formula is C29H31N5O4S. The summed E-state index contributed by atoms with van der Waals surface area (Å²) in [5.41, 5.74) is 4.95. The SMILES string of the molecule is CCNC(=O)Nc1cc(-c2nc(-c3ccccc3)cs2)c(-c2cc(OCC3CC3)nc(C(OC)OC)c2)cn1.